The largest absolute Gasteiger partial charge is 0.493 e. The molecule has 0 spiro atoms. The quantitative estimate of drug-likeness (QED) is 0.0272. The lowest BCUT2D eigenvalue weighted by Gasteiger charge is -2.13. The second-order valence-electron chi connectivity index (χ2n) is 27.4. The van der Waals surface area contributed by atoms with Gasteiger partial charge in [-0.15, -0.1) is 0 Å². The fourth-order valence-corrected chi connectivity index (χ4v) is 9.42. The summed E-state index contributed by atoms with van der Waals surface area (Å²) in [5, 5.41) is 25.4. The van der Waals surface area contributed by atoms with E-state index in [-0.39, 0.29) is 142 Å². The van der Waals surface area contributed by atoms with Crippen LogP contribution < -0.4 is 95.1 Å². The molecule has 0 amide bonds. The Hall–Kier alpha value is -12.5. The van der Waals surface area contributed by atoms with E-state index in [9.17, 15) is 57.5 Å². The zero-order valence-corrected chi connectivity index (χ0v) is 62.3. The lowest BCUT2D eigenvalue weighted by atomic mass is 10.1. The van der Waals surface area contributed by atoms with Crippen molar-refractivity contribution in [3.8, 4) is 34.5 Å². The Morgan fingerprint density at radius 3 is 0.500 bits per heavy atom. The number of nitrogens with zero attached hydrogens (tertiary/aromatic N) is 3. The van der Waals surface area contributed by atoms with Crippen LogP contribution in [0.4, 0.5) is 0 Å². The van der Waals surface area contributed by atoms with Crippen molar-refractivity contribution in [2.24, 2.45) is 35.5 Å². The Labute approximate surface area is 614 Å². The number of hydrogen-bond donors (Lipinski definition) is 12. The van der Waals surface area contributed by atoms with Gasteiger partial charge in [0.05, 0.1) is 72.0 Å². The second kappa shape index (κ2) is 40.2. The third-order valence-electron chi connectivity index (χ3n) is 15.8. The summed E-state index contributed by atoms with van der Waals surface area (Å²) in [7, 11) is 0. The van der Waals surface area contributed by atoms with Crippen LogP contribution in [-0.4, -0.2) is 116 Å². The summed E-state index contributed by atoms with van der Waals surface area (Å²) >= 11 is 0. The minimum absolute atomic E-state index is 0.0701. The molecular weight excluding hydrogens is 1400 g/mol. The van der Waals surface area contributed by atoms with E-state index >= 15 is 0 Å². The maximum absolute atomic E-state index is 14.3. The van der Waals surface area contributed by atoms with Crippen LogP contribution in [0.2, 0.25) is 0 Å². The molecular formula is C75H93N15O18. The first-order valence-corrected chi connectivity index (χ1v) is 35.3. The van der Waals surface area contributed by atoms with Crippen LogP contribution in [0.15, 0.2) is 149 Å². The van der Waals surface area contributed by atoms with Gasteiger partial charge in [0.25, 0.3) is 66.7 Å². The molecule has 33 nitrogen and oxygen atoms in total. The van der Waals surface area contributed by atoms with Crippen molar-refractivity contribution in [2.75, 3.05) is 39.6 Å². The first-order valence-electron chi connectivity index (χ1n) is 35.3. The average molecular weight is 1490 g/mol. The molecule has 0 saturated heterocycles. The number of H-pyrrole nitrogens is 12. The highest BCUT2D eigenvalue weighted by atomic mass is 16.5. The van der Waals surface area contributed by atoms with Gasteiger partial charge in [-0.3, -0.25) is 119 Å². The molecule has 576 valence electrons. The van der Waals surface area contributed by atoms with E-state index in [1.807, 2.05) is 83.1 Å². The van der Waals surface area contributed by atoms with E-state index in [4.69, 9.17) is 28.4 Å². The standard InChI is InChI=1S/C75H93N15O18/c1-40(2)22-28-103-58-37-59(104-29-23-41(3)4)47-34-46(58)64(91)79-85-70(97)52-16-13-17-54(76-52)72(99)87-81-66(93)48-35-49(61(106-31-25-43(7)8)38-60(48)105-30-24-42(5)6)68(95)83-89-74(101)56-20-15-21-57(78-56)75(102)90-84-69(96)51-36-50(62(107-32-26-44(9)10)39-63(51)108-33-27-45(11)12)67(94)82-88-73(100)55-19-14-18-53(77-55)71(98)86-80-65(47)92/h13-21,34-45H,22-33H2,1-12H3,(H,79,91)(H,80,92)(H,81,93)(H,82,94)(H,83,95)(H,84,96)(H,85,97)(H,86,98)(H,87,99)(H,88,100)(H,89,101)(H,90,102). The molecule has 4 aromatic heterocycles. The highest BCUT2D eigenvalue weighted by molar-refractivity contribution is 5.81. The summed E-state index contributed by atoms with van der Waals surface area (Å²) in [6, 6.07) is 18.5. The monoisotopic (exact) mass is 1490 g/mol. The zero-order valence-electron chi connectivity index (χ0n) is 62.3. The van der Waals surface area contributed by atoms with Gasteiger partial charge in [-0.05, 0) is 129 Å². The van der Waals surface area contributed by atoms with Gasteiger partial charge < -0.3 is 28.4 Å². The van der Waals surface area contributed by atoms with Gasteiger partial charge in [-0.2, -0.15) is 0 Å². The molecule has 7 aromatic rings. The SMILES string of the molecule is CC(C)CCOc1cc(OCCC(C)C)c2cc1c(=O)[nH][nH]c(=O)c1cccc(n1)c(=O)[nH][nH]c(=O)c1cc(c(OCCC(C)C)cc1OCCC(C)C)c(=O)[nH][nH]c(=O)c1cccc(n1)c(=O)[nH][nH]c(=O)c1cc(c(OCCC(C)C)cc1OCCC(C)C)c(=O)[nH][nH]c(=O)c1cccc(n1)c(=O)[nH][nH]c2=O. The normalized spacial score (nSPS) is 11.1. The lowest BCUT2D eigenvalue weighted by molar-refractivity contribution is 0.279. The summed E-state index contributed by atoms with van der Waals surface area (Å²) < 4.78 is 36.6. The molecule has 0 fully saturated rings. The molecule has 0 aliphatic carbocycles. The summed E-state index contributed by atoms with van der Waals surface area (Å²) in [6.07, 6.45) is 3.14. The Bertz CT molecular complexity index is 4870. The Morgan fingerprint density at radius 1 is 0.222 bits per heavy atom. The number of ether oxygens (including phenoxy) is 6. The zero-order chi connectivity index (χ0) is 78.7. The third-order valence-corrected chi connectivity index (χ3v) is 15.8. The number of fused-ring (bicyclic) bond motifs is 12. The maximum Gasteiger partial charge on any atom is 0.288 e. The molecule has 0 atom stereocenters. The highest BCUT2D eigenvalue weighted by Crippen LogP contribution is 2.31. The topological polar surface area (TPSA) is 488 Å². The smallest absolute Gasteiger partial charge is 0.288 e. The highest BCUT2D eigenvalue weighted by Gasteiger charge is 2.17. The predicted molar refractivity (Wildman–Crippen MR) is 414 cm³/mol. The summed E-state index contributed by atoms with van der Waals surface area (Å²) in [4.78, 5) is 181. The second-order valence-corrected chi connectivity index (χ2v) is 27.4. The Kier molecular flexibility index (Phi) is 30.8. The van der Waals surface area contributed by atoms with Crippen LogP contribution in [-0.2, 0) is 0 Å². The number of aromatic nitrogens is 15. The van der Waals surface area contributed by atoms with Crippen LogP contribution in [0.3, 0.4) is 0 Å². The van der Waals surface area contributed by atoms with Crippen LogP contribution in [0.25, 0.3) is 65.4 Å². The van der Waals surface area contributed by atoms with Crippen LogP contribution in [0, 0.1) is 35.5 Å². The number of pyridine rings is 3. The molecule has 0 saturated carbocycles. The van der Waals surface area contributed by atoms with Crippen molar-refractivity contribution in [2.45, 2.75) is 122 Å². The summed E-state index contributed by atoms with van der Waals surface area (Å²) in [6.45, 7) is 24.0. The van der Waals surface area contributed by atoms with E-state index < -0.39 is 99.8 Å². The maximum atomic E-state index is 14.3. The van der Waals surface area contributed by atoms with Crippen molar-refractivity contribution in [1.82, 2.24) is 76.1 Å². The Morgan fingerprint density at radius 2 is 0.361 bits per heavy atom. The van der Waals surface area contributed by atoms with Crippen molar-refractivity contribution in [3.05, 3.63) is 215 Å². The first-order chi connectivity index (χ1) is 51.5. The number of rotatable bonds is 24. The van der Waals surface area contributed by atoms with Crippen molar-refractivity contribution in [3.63, 3.8) is 0 Å². The molecule has 108 heavy (non-hydrogen) atoms. The van der Waals surface area contributed by atoms with Crippen molar-refractivity contribution < 1.29 is 28.4 Å². The van der Waals surface area contributed by atoms with E-state index in [0.717, 1.165) is 18.2 Å². The molecule has 0 radical (unpaired) electrons. The molecule has 0 aliphatic heterocycles. The van der Waals surface area contributed by atoms with Crippen LogP contribution in [0.1, 0.15) is 122 Å². The molecule has 12 bridgehead atoms. The van der Waals surface area contributed by atoms with Crippen molar-refractivity contribution in [1.29, 1.82) is 0 Å². The minimum Gasteiger partial charge on any atom is -0.493 e. The Balaban J connectivity index is 1.61. The molecule has 0 unspecified atom stereocenters. The van der Waals surface area contributed by atoms with E-state index in [0.29, 0.717) is 38.5 Å². The van der Waals surface area contributed by atoms with Crippen molar-refractivity contribution >= 4 is 65.4 Å². The molecule has 7 rings (SSSR count). The van der Waals surface area contributed by atoms with Gasteiger partial charge >= 0.3 is 0 Å². The lowest BCUT2D eigenvalue weighted by Crippen LogP contribution is -2.17. The van der Waals surface area contributed by atoms with E-state index in [1.54, 1.807) is 0 Å². The molecule has 0 aliphatic rings. The molecule has 33 heteroatoms. The third kappa shape index (κ3) is 24.9. The van der Waals surface area contributed by atoms with Crippen LogP contribution in [0.5, 0.6) is 34.5 Å². The molecule has 3 aromatic carbocycles. The molecule has 4 heterocycles. The summed E-state index contributed by atoms with van der Waals surface area (Å²) in [5.41, 5.74) is -14.8. The molecule has 12 N–H and O–H groups in total. The number of hydrogen-bond acceptors (Lipinski definition) is 21. The number of aromatic amines is 12. The van der Waals surface area contributed by atoms with Gasteiger partial charge in [0.1, 0.15) is 67.6 Å². The van der Waals surface area contributed by atoms with E-state index in [1.165, 1.54) is 72.8 Å². The first kappa shape index (κ1) is 82.8. The minimum atomic E-state index is -1.04. The average Bonchev–Trinajstić information content (AvgIpc) is 0.810. The van der Waals surface area contributed by atoms with Gasteiger partial charge in [0.2, 0.25) is 0 Å². The van der Waals surface area contributed by atoms with Crippen LogP contribution >= 0.6 is 0 Å². The number of nitrogens with one attached hydrogen (secondary N) is 12. The van der Waals surface area contributed by atoms with Gasteiger partial charge in [0, 0.05) is 18.2 Å². The number of benzene rings is 3. The fourth-order valence-electron chi connectivity index (χ4n) is 9.42. The van der Waals surface area contributed by atoms with E-state index in [2.05, 4.69) is 76.1 Å². The predicted octanol–water partition coefficient (Wildman–Crippen LogP) is 8.03. The van der Waals surface area contributed by atoms with Gasteiger partial charge in [0.15, 0.2) is 0 Å². The van der Waals surface area contributed by atoms with Gasteiger partial charge in [-0.1, -0.05) is 101 Å². The summed E-state index contributed by atoms with van der Waals surface area (Å²) in [5.74, 6) is 0.477. The fraction of sp³-hybridized carbons (Fsp3) is 0.400. The van der Waals surface area contributed by atoms with Gasteiger partial charge in [-0.25, -0.2) is 15.0 Å².